The van der Waals surface area contributed by atoms with Crippen LogP contribution in [0.2, 0.25) is 0 Å². The Morgan fingerprint density at radius 3 is 2.26 bits per heavy atom. The lowest BCUT2D eigenvalue weighted by atomic mass is 9.83. The number of hydrogen-bond donors (Lipinski definition) is 1. The Balaban J connectivity index is 1.09. The van der Waals surface area contributed by atoms with Crippen molar-refractivity contribution >= 4 is 17.6 Å². The molecule has 2 aromatic rings. The lowest BCUT2D eigenvalue weighted by Crippen LogP contribution is -2.50. The first kappa shape index (κ1) is 20.0. The summed E-state index contributed by atoms with van der Waals surface area (Å²) in [5.41, 5.74) is 3.05. The van der Waals surface area contributed by atoms with Crippen LogP contribution in [0.25, 0.3) is 0 Å². The molecule has 1 aliphatic carbocycles. The van der Waals surface area contributed by atoms with Crippen molar-refractivity contribution in [1.29, 1.82) is 0 Å². The van der Waals surface area contributed by atoms with Gasteiger partial charge in [0, 0.05) is 49.9 Å². The van der Waals surface area contributed by atoms with E-state index in [4.69, 9.17) is 0 Å². The Morgan fingerprint density at radius 2 is 1.65 bits per heavy atom. The standard InChI is InChI=1S/C24H29N5O2/c30-23(19-3-1-4-19)28-13-10-18(11-14-28)17-6-8-21(9-7-17)26-24(31)29-15-20(16-29)22-5-2-12-25-27-22/h2,5-9,12,18-20H,1,3-4,10-11,13-16H2,(H,26,31). The number of carbonyl (C=O) groups excluding carboxylic acids is 2. The first-order valence-electron chi connectivity index (χ1n) is 11.4. The molecule has 3 heterocycles. The van der Waals surface area contributed by atoms with E-state index in [2.05, 4.69) is 32.5 Å². The average molecular weight is 420 g/mol. The normalized spacial score (nSPS) is 20.1. The van der Waals surface area contributed by atoms with E-state index in [-0.39, 0.29) is 11.9 Å². The van der Waals surface area contributed by atoms with Gasteiger partial charge in [-0.05, 0) is 61.4 Å². The minimum Gasteiger partial charge on any atom is -0.342 e. The molecule has 0 spiro atoms. The highest BCUT2D eigenvalue weighted by atomic mass is 16.2. The number of rotatable bonds is 4. The van der Waals surface area contributed by atoms with E-state index in [1.807, 2.05) is 24.3 Å². The van der Waals surface area contributed by atoms with Gasteiger partial charge in [0.25, 0.3) is 0 Å². The Morgan fingerprint density at radius 1 is 0.903 bits per heavy atom. The summed E-state index contributed by atoms with van der Waals surface area (Å²) in [7, 11) is 0. The summed E-state index contributed by atoms with van der Waals surface area (Å²) in [5.74, 6) is 1.42. The highest BCUT2D eigenvalue weighted by Gasteiger charge is 2.33. The molecule has 3 fully saturated rings. The van der Waals surface area contributed by atoms with Crippen LogP contribution in [0.5, 0.6) is 0 Å². The van der Waals surface area contributed by atoms with E-state index >= 15 is 0 Å². The number of nitrogens with one attached hydrogen (secondary N) is 1. The zero-order chi connectivity index (χ0) is 21.2. The number of amides is 3. The van der Waals surface area contributed by atoms with E-state index in [0.717, 1.165) is 50.2 Å². The van der Waals surface area contributed by atoms with Crippen molar-refractivity contribution in [3.8, 4) is 0 Å². The molecule has 1 aromatic heterocycles. The molecule has 162 valence electrons. The third-order valence-electron chi connectivity index (χ3n) is 7.07. The van der Waals surface area contributed by atoms with Crippen LogP contribution in [-0.4, -0.2) is 58.1 Å². The Hall–Kier alpha value is -2.96. The summed E-state index contributed by atoms with van der Waals surface area (Å²) < 4.78 is 0. The van der Waals surface area contributed by atoms with Crippen LogP contribution < -0.4 is 5.32 Å². The van der Waals surface area contributed by atoms with Crippen LogP contribution in [0.15, 0.2) is 42.6 Å². The molecule has 1 saturated carbocycles. The molecule has 2 aliphatic heterocycles. The van der Waals surface area contributed by atoms with Crippen molar-refractivity contribution in [3.63, 3.8) is 0 Å². The number of anilines is 1. The van der Waals surface area contributed by atoms with Crippen LogP contribution in [-0.2, 0) is 4.79 Å². The van der Waals surface area contributed by atoms with Gasteiger partial charge in [0.1, 0.15) is 0 Å². The summed E-state index contributed by atoms with van der Waals surface area (Å²) in [4.78, 5) is 28.8. The zero-order valence-corrected chi connectivity index (χ0v) is 17.7. The van der Waals surface area contributed by atoms with Gasteiger partial charge < -0.3 is 15.1 Å². The predicted molar refractivity (Wildman–Crippen MR) is 118 cm³/mol. The van der Waals surface area contributed by atoms with E-state index in [0.29, 0.717) is 30.8 Å². The maximum atomic E-state index is 12.5. The van der Waals surface area contributed by atoms with Crippen molar-refractivity contribution in [3.05, 3.63) is 53.9 Å². The van der Waals surface area contributed by atoms with Crippen molar-refractivity contribution in [1.82, 2.24) is 20.0 Å². The number of urea groups is 1. The van der Waals surface area contributed by atoms with E-state index in [1.165, 1.54) is 12.0 Å². The number of carbonyl (C=O) groups is 2. The number of piperidine rings is 1. The van der Waals surface area contributed by atoms with Gasteiger partial charge in [-0.2, -0.15) is 10.2 Å². The second-order valence-electron chi connectivity index (χ2n) is 9.03. The van der Waals surface area contributed by atoms with Crippen LogP contribution in [0.3, 0.4) is 0 Å². The summed E-state index contributed by atoms with van der Waals surface area (Å²) in [6.07, 6.45) is 7.04. The van der Waals surface area contributed by atoms with E-state index in [9.17, 15) is 9.59 Å². The molecule has 1 N–H and O–H groups in total. The molecule has 3 aliphatic rings. The Bertz CT molecular complexity index is 915. The summed E-state index contributed by atoms with van der Waals surface area (Å²) >= 11 is 0. The highest BCUT2D eigenvalue weighted by Crippen LogP contribution is 2.33. The largest absolute Gasteiger partial charge is 0.342 e. The van der Waals surface area contributed by atoms with Gasteiger partial charge in [-0.3, -0.25) is 4.79 Å². The third kappa shape index (κ3) is 4.27. The van der Waals surface area contributed by atoms with Crippen molar-refractivity contribution in [2.45, 2.75) is 43.9 Å². The molecule has 0 radical (unpaired) electrons. The second kappa shape index (κ2) is 8.65. The molecule has 5 rings (SSSR count). The minimum absolute atomic E-state index is 0.0734. The molecule has 7 nitrogen and oxygen atoms in total. The van der Waals surface area contributed by atoms with Gasteiger partial charge in [-0.15, -0.1) is 0 Å². The molecule has 0 bridgehead atoms. The number of aromatic nitrogens is 2. The molecule has 1 aromatic carbocycles. The zero-order valence-electron chi connectivity index (χ0n) is 17.7. The van der Waals surface area contributed by atoms with Gasteiger partial charge in [0.15, 0.2) is 0 Å². The first-order chi connectivity index (χ1) is 15.2. The SMILES string of the molecule is O=C(Nc1ccc(C2CCN(C(=O)C3CCC3)CC2)cc1)N1CC(c2cccnn2)C1. The minimum atomic E-state index is -0.0734. The number of benzene rings is 1. The van der Waals surface area contributed by atoms with Crippen molar-refractivity contribution in [2.75, 3.05) is 31.5 Å². The van der Waals surface area contributed by atoms with Gasteiger partial charge >= 0.3 is 6.03 Å². The van der Waals surface area contributed by atoms with Crippen LogP contribution in [0.1, 0.15) is 55.2 Å². The maximum absolute atomic E-state index is 12.5. The molecule has 2 saturated heterocycles. The number of nitrogens with zero attached hydrogens (tertiary/aromatic N) is 4. The van der Waals surface area contributed by atoms with Crippen LogP contribution >= 0.6 is 0 Å². The van der Waals surface area contributed by atoms with Gasteiger partial charge in [0.05, 0.1) is 5.69 Å². The van der Waals surface area contributed by atoms with Crippen molar-refractivity contribution < 1.29 is 9.59 Å². The number of likely N-dealkylation sites (tertiary alicyclic amines) is 2. The fourth-order valence-electron chi connectivity index (χ4n) is 4.75. The van der Waals surface area contributed by atoms with E-state index in [1.54, 1.807) is 11.1 Å². The molecule has 3 amide bonds. The fraction of sp³-hybridized carbons (Fsp3) is 0.500. The Kier molecular flexibility index (Phi) is 5.57. The third-order valence-corrected chi connectivity index (χ3v) is 7.07. The van der Waals surface area contributed by atoms with Crippen LogP contribution in [0.4, 0.5) is 10.5 Å². The quantitative estimate of drug-likeness (QED) is 0.821. The fourth-order valence-corrected chi connectivity index (χ4v) is 4.75. The molecule has 7 heteroatoms. The summed E-state index contributed by atoms with van der Waals surface area (Å²) in [6.45, 7) is 3.06. The first-order valence-corrected chi connectivity index (χ1v) is 11.4. The monoisotopic (exact) mass is 419 g/mol. The number of hydrogen-bond acceptors (Lipinski definition) is 4. The summed E-state index contributed by atoms with van der Waals surface area (Å²) in [6, 6.07) is 12.0. The molecule has 0 atom stereocenters. The lowest BCUT2D eigenvalue weighted by Gasteiger charge is -2.38. The summed E-state index contributed by atoms with van der Waals surface area (Å²) in [5, 5.41) is 11.0. The smallest absolute Gasteiger partial charge is 0.321 e. The topological polar surface area (TPSA) is 78.4 Å². The molecule has 0 unspecified atom stereocenters. The van der Waals surface area contributed by atoms with Crippen LogP contribution in [0, 0.1) is 5.92 Å². The predicted octanol–water partition coefficient (Wildman–Crippen LogP) is 3.61. The molecular weight excluding hydrogens is 390 g/mol. The molecular formula is C24H29N5O2. The van der Waals surface area contributed by atoms with Crippen molar-refractivity contribution in [2.24, 2.45) is 5.92 Å². The van der Waals surface area contributed by atoms with Gasteiger partial charge in [-0.1, -0.05) is 18.6 Å². The lowest BCUT2D eigenvalue weighted by molar-refractivity contribution is -0.139. The Labute approximate surface area is 182 Å². The maximum Gasteiger partial charge on any atom is 0.321 e. The highest BCUT2D eigenvalue weighted by molar-refractivity contribution is 5.90. The second-order valence-corrected chi connectivity index (χ2v) is 9.03. The van der Waals surface area contributed by atoms with E-state index < -0.39 is 0 Å². The molecule has 31 heavy (non-hydrogen) atoms. The average Bonchev–Trinajstić information content (AvgIpc) is 2.73. The van der Waals surface area contributed by atoms with Gasteiger partial charge in [0.2, 0.25) is 5.91 Å². The van der Waals surface area contributed by atoms with Gasteiger partial charge in [-0.25, -0.2) is 4.79 Å².